The number of primary sulfonamides is 1. The highest BCUT2D eigenvalue weighted by molar-refractivity contribution is 7.88. The van der Waals surface area contributed by atoms with Crippen LogP contribution in [-0.4, -0.2) is 18.6 Å². The van der Waals surface area contributed by atoms with Crippen molar-refractivity contribution in [2.75, 3.05) is 0 Å². The maximum atomic E-state index is 11.2. The molecule has 22 heavy (non-hydrogen) atoms. The molecule has 8 heteroatoms. The molecule has 1 heterocycles. The average Bonchev–Trinajstić information content (AvgIpc) is 3.06. The van der Waals surface area contributed by atoms with E-state index in [2.05, 4.69) is 10.1 Å². The van der Waals surface area contributed by atoms with Gasteiger partial charge in [0.2, 0.25) is 10.0 Å². The molecule has 1 aromatic heterocycles. The summed E-state index contributed by atoms with van der Waals surface area (Å²) in [6.07, 6.45) is 3.81. The number of nitrogens with two attached hydrogens (primary N) is 2. The first kappa shape index (κ1) is 15.1. The maximum absolute atomic E-state index is 11.2. The van der Waals surface area contributed by atoms with Gasteiger partial charge in [0.15, 0.2) is 5.82 Å². The number of hydrogen-bond donors (Lipinski definition) is 2. The lowest BCUT2D eigenvalue weighted by atomic mass is 9.98. The minimum absolute atomic E-state index is 0.233. The molecule has 7 nitrogen and oxygen atoms in total. The van der Waals surface area contributed by atoms with Crippen LogP contribution in [0.25, 0.3) is 11.5 Å². The number of sulfonamides is 1. The van der Waals surface area contributed by atoms with E-state index in [-0.39, 0.29) is 5.75 Å². The standard InChI is InChI=1S/C14H18N4O3S/c15-14(6-1-2-7-14)13-17-12(21-18-13)11-5-3-4-10(8-11)9-22(16,19)20/h3-5,8H,1-2,6-7,9,15H2,(H2,16,19,20). The molecule has 1 fully saturated rings. The summed E-state index contributed by atoms with van der Waals surface area (Å²) >= 11 is 0. The molecule has 0 radical (unpaired) electrons. The van der Waals surface area contributed by atoms with E-state index in [0.717, 1.165) is 25.7 Å². The third kappa shape index (κ3) is 3.18. The summed E-state index contributed by atoms with van der Waals surface area (Å²) < 4.78 is 27.6. The number of aromatic nitrogens is 2. The van der Waals surface area contributed by atoms with E-state index in [4.69, 9.17) is 15.4 Å². The Kier molecular flexibility index (Phi) is 3.75. The molecule has 0 spiro atoms. The Morgan fingerprint density at radius 3 is 2.68 bits per heavy atom. The number of nitrogens with zero attached hydrogens (tertiary/aromatic N) is 2. The van der Waals surface area contributed by atoms with Crippen molar-refractivity contribution in [1.82, 2.24) is 10.1 Å². The third-order valence-electron chi connectivity index (χ3n) is 3.91. The van der Waals surface area contributed by atoms with Crippen LogP contribution in [0.1, 0.15) is 37.1 Å². The van der Waals surface area contributed by atoms with Gasteiger partial charge in [0.25, 0.3) is 5.89 Å². The highest BCUT2D eigenvalue weighted by Gasteiger charge is 2.36. The maximum Gasteiger partial charge on any atom is 0.258 e. The summed E-state index contributed by atoms with van der Waals surface area (Å²) in [6, 6.07) is 6.88. The highest BCUT2D eigenvalue weighted by atomic mass is 32.2. The van der Waals surface area contributed by atoms with Crippen LogP contribution in [0.4, 0.5) is 0 Å². The zero-order valence-corrected chi connectivity index (χ0v) is 12.8. The fourth-order valence-corrected chi connectivity index (χ4v) is 3.44. The van der Waals surface area contributed by atoms with Crippen LogP contribution in [0.2, 0.25) is 0 Å². The first-order valence-electron chi connectivity index (χ1n) is 7.09. The summed E-state index contributed by atoms with van der Waals surface area (Å²) in [5, 5.41) is 9.06. The highest BCUT2D eigenvalue weighted by Crippen LogP contribution is 2.35. The smallest absolute Gasteiger partial charge is 0.258 e. The van der Waals surface area contributed by atoms with Gasteiger partial charge in [0.1, 0.15) is 0 Å². The zero-order chi connectivity index (χ0) is 15.8. The van der Waals surface area contributed by atoms with Crippen LogP contribution < -0.4 is 10.9 Å². The van der Waals surface area contributed by atoms with Crippen molar-refractivity contribution in [2.45, 2.75) is 37.0 Å². The summed E-state index contributed by atoms with van der Waals surface area (Å²) in [7, 11) is -3.58. The first-order valence-corrected chi connectivity index (χ1v) is 8.80. The van der Waals surface area contributed by atoms with E-state index in [0.29, 0.717) is 22.8 Å². The summed E-state index contributed by atoms with van der Waals surface area (Å²) in [4.78, 5) is 4.39. The van der Waals surface area contributed by atoms with E-state index in [9.17, 15) is 8.42 Å². The van der Waals surface area contributed by atoms with Crippen LogP contribution in [0.15, 0.2) is 28.8 Å². The Hall–Kier alpha value is -1.77. The predicted molar refractivity (Wildman–Crippen MR) is 80.9 cm³/mol. The van der Waals surface area contributed by atoms with Gasteiger partial charge >= 0.3 is 0 Å². The molecular weight excluding hydrogens is 304 g/mol. The molecule has 0 unspecified atom stereocenters. The molecule has 0 atom stereocenters. The molecule has 1 aromatic carbocycles. The molecule has 0 aliphatic heterocycles. The van der Waals surface area contributed by atoms with Crippen molar-refractivity contribution in [1.29, 1.82) is 0 Å². The lowest BCUT2D eigenvalue weighted by molar-refractivity contribution is 0.372. The molecule has 118 valence electrons. The van der Waals surface area contributed by atoms with Gasteiger partial charge in [-0.05, 0) is 30.5 Å². The van der Waals surface area contributed by atoms with Crippen molar-refractivity contribution in [3.05, 3.63) is 35.7 Å². The van der Waals surface area contributed by atoms with Gasteiger partial charge in [-0.3, -0.25) is 0 Å². The van der Waals surface area contributed by atoms with E-state index in [1.807, 2.05) is 0 Å². The quantitative estimate of drug-likeness (QED) is 0.872. The minimum Gasteiger partial charge on any atom is -0.334 e. The van der Waals surface area contributed by atoms with Gasteiger partial charge < -0.3 is 10.3 Å². The zero-order valence-electron chi connectivity index (χ0n) is 12.0. The molecule has 0 saturated heterocycles. The molecule has 1 aliphatic carbocycles. The Balaban J connectivity index is 1.89. The van der Waals surface area contributed by atoms with Crippen LogP contribution in [0, 0.1) is 0 Å². The van der Waals surface area contributed by atoms with Gasteiger partial charge in [-0.25, -0.2) is 13.6 Å². The lowest BCUT2D eigenvalue weighted by Gasteiger charge is -2.17. The van der Waals surface area contributed by atoms with E-state index >= 15 is 0 Å². The van der Waals surface area contributed by atoms with Crippen LogP contribution in [-0.2, 0) is 21.3 Å². The Bertz CT molecular complexity index is 779. The summed E-state index contributed by atoms with van der Waals surface area (Å²) in [5.74, 6) is 0.614. The number of rotatable bonds is 4. The van der Waals surface area contributed by atoms with Gasteiger partial charge in [0.05, 0.1) is 11.3 Å². The molecule has 2 aromatic rings. The van der Waals surface area contributed by atoms with Gasteiger partial charge in [-0.1, -0.05) is 30.1 Å². The molecule has 1 saturated carbocycles. The van der Waals surface area contributed by atoms with Crippen LogP contribution in [0.3, 0.4) is 0 Å². The van der Waals surface area contributed by atoms with Crippen molar-refractivity contribution < 1.29 is 12.9 Å². The van der Waals surface area contributed by atoms with Crippen molar-refractivity contribution in [3.8, 4) is 11.5 Å². The SMILES string of the molecule is NC1(c2noc(-c3cccc(CS(N)(=O)=O)c3)n2)CCCC1. The lowest BCUT2D eigenvalue weighted by Crippen LogP contribution is -2.34. The normalized spacial score (nSPS) is 17.7. The van der Waals surface area contributed by atoms with Crippen LogP contribution >= 0.6 is 0 Å². The molecule has 4 N–H and O–H groups in total. The first-order chi connectivity index (χ1) is 10.4. The minimum atomic E-state index is -3.58. The number of hydrogen-bond acceptors (Lipinski definition) is 6. The monoisotopic (exact) mass is 322 g/mol. The second-order valence-corrected chi connectivity index (χ2v) is 7.41. The molecule has 0 bridgehead atoms. The largest absolute Gasteiger partial charge is 0.334 e. The van der Waals surface area contributed by atoms with E-state index in [1.54, 1.807) is 24.3 Å². The predicted octanol–water partition coefficient (Wildman–Crippen LogP) is 1.25. The topological polar surface area (TPSA) is 125 Å². The second-order valence-electron chi connectivity index (χ2n) is 5.79. The molecular formula is C14H18N4O3S. The van der Waals surface area contributed by atoms with Crippen molar-refractivity contribution >= 4 is 10.0 Å². The fourth-order valence-electron chi connectivity index (χ4n) is 2.80. The van der Waals surface area contributed by atoms with Crippen molar-refractivity contribution in [3.63, 3.8) is 0 Å². The van der Waals surface area contributed by atoms with E-state index < -0.39 is 15.6 Å². The van der Waals surface area contributed by atoms with E-state index in [1.165, 1.54) is 0 Å². The molecule has 1 aliphatic rings. The molecule has 3 rings (SSSR count). The van der Waals surface area contributed by atoms with Crippen LogP contribution in [0.5, 0.6) is 0 Å². The van der Waals surface area contributed by atoms with Gasteiger partial charge in [-0.2, -0.15) is 4.98 Å². The third-order valence-corrected chi connectivity index (χ3v) is 4.64. The summed E-state index contributed by atoms with van der Waals surface area (Å²) in [5.41, 5.74) is 7.02. The summed E-state index contributed by atoms with van der Waals surface area (Å²) in [6.45, 7) is 0. The van der Waals surface area contributed by atoms with Crippen molar-refractivity contribution in [2.24, 2.45) is 10.9 Å². The molecule has 0 amide bonds. The average molecular weight is 322 g/mol. The Labute approximate surface area is 128 Å². The second kappa shape index (κ2) is 5.45. The Morgan fingerprint density at radius 2 is 2.00 bits per heavy atom. The Morgan fingerprint density at radius 1 is 1.27 bits per heavy atom. The number of benzene rings is 1. The fraction of sp³-hybridized carbons (Fsp3) is 0.429. The van der Waals surface area contributed by atoms with Gasteiger partial charge in [-0.15, -0.1) is 0 Å². The van der Waals surface area contributed by atoms with Gasteiger partial charge in [0, 0.05) is 5.56 Å².